The van der Waals surface area contributed by atoms with Crippen LogP contribution in [0.2, 0.25) is 0 Å². The molecule has 2 unspecified atom stereocenters. The van der Waals surface area contributed by atoms with Gasteiger partial charge in [0.25, 0.3) is 5.91 Å². The van der Waals surface area contributed by atoms with Crippen LogP contribution in [0, 0.1) is 5.92 Å². The van der Waals surface area contributed by atoms with Gasteiger partial charge in [0.15, 0.2) is 6.61 Å². The van der Waals surface area contributed by atoms with Gasteiger partial charge in [-0.3, -0.25) is 4.79 Å². The van der Waals surface area contributed by atoms with Crippen molar-refractivity contribution >= 4 is 11.6 Å². The van der Waals surface area contributed by atoms with Gasteiger partial charge in [0.2, 0.25) is 0 Å². The number of amides is 1. The highest BCUT2D eigenvalue weighted by atomic mass is 16.5. The Morgan fingerprint density at radius 2 is 2.17 bits per heavy atom. The minimum absolute atomic E-state index is 0.00916. The smallest absolute Gasteiger partial charge is 0.265 e. The molecule has 0 aromatic heterocycles. The fraction of sp³-hybridized carbons (Fsp3) is 0.500. The molecule has 1 aromatic rings. The minimum Gasteiger partial charge on any atom is -0.482 e. The van der Waals surface area contributed by atoms with E-state index in [0.29, 0.717) is 12.5 Å². The zero-order valence-electron chi connectivity index (χ0n) is 10.9. The third kappa shape index (κ3) is 2.48. The first kappa shape index (κ1) is 12.9. The largest absolute Gasteiger partial charge is 0.482 e. The summed E-state index contributed by atoms with van der Waals surface area (Å²) in [6, 6.07) is 7.58. The molecule has 0 aliphatic carbocycles. The molecule has 1 aliphatic rings. The number of ether oxygens (including phenoxy) is 1. The van der Waals surface area contributed by atoms with E-state index in [-0.39, 0.29) is 18.6 Å². The van der Waals surface area contributed by atoms with Gasteiger partial charge in [0.1, 0.15) is 5.75 Å². The molecule has 2 N–H and O–H groups in total. The first-order chi connectivity index (χ1) is 8.63. The first-order valence-corrected chi connectivity index (χ1v) is 6.41. The molecule has 1 aliphatic heterocycles. The first-order valence-electron chi connectivity index (χ1n) is 6.41. The van der Waals surface area contributed by atoms with Gasteiger partial charge in [-0.25, -0.2) is 0 Å². The standard InChI is InChI=1S/C14H20N2O2/c1-3-10(2)11(15)8-16-12-6-4-5-7-13(12)18-9-14(16)17/h4-7,10-11H,3,8-9,15H2,1-2H3. The Balaban J connectivity index is 2.19. The van der Waals surface area contributed by atoms with Crippen molar-refractivity contribution in [1.29, 1.82) is 0 Å². The average Bonchev–Trinajstić information content (AvgIpc) is 2.41. The summed E-state index contributed by atoms with van der Waals surface area (Å²) >= 11 is 0. The fourth-order valence-corrected chi connectivity index (χ4v) is 2.05. The molecule has 4 nitrogen and oxygen atoms in total. The molecular formula is C14H20N2O2. The van der Waals surface area contributed by atoms with Crippen LogP contribution < -0.4 is 15.4 Å². The Morgan fingerprint density at radius 1 is 1.44 bits per heavy atom. The molecular weight excluding hydrogens is 228 g/mol. The summed E-state index contributed by atoms with van der Waals surface area (Å²) in [7, 11) is 0. The monoisotopic (exact) mass is 248 g/mol. The molecule has 1 aromatic carbocycles. The number of nitrogens with zero attached hydrogens (tertiary/aromatic N) is 1. The molecule has 4 heteroatoms. The van der Waals surface area contributed by atoms with Crippen molar-refractivity contribution in [3.63, 3.8) is 0 Å². The number of rotatable bonds is 4. The zero-order chi connectivity index (χ0) is 13.1. The zero-order valence-corrected chi connectivity index (χ0v) is 10.9. The maximum Gasteiger partial charge on any atom is 0.265 e. The van der Waals surface area contributed by atoms with Gasteiger partial charge in [-0.2, -0.15) is 0 Å². The van der Waals surface area contributed by atoms with E-state index in [1.54, 1.807) is 4.90 Å². The van der Waals surface area contributed by atoms with E-state index in [4.69, 9.17) is 10.5 Å². The van der Waals surface area contributed by atoms with Crippen LogP contribution in [0.1, 0.15) is 20.3 Å². The molecule has 0 spiro atoms. The Hall–Kier alpha value is -1.55. The molecule has 0 saturated heterocycles. The maximum absolute atomic E-state index is 11.9. The summed E-state index contributed by atoms with van der Waals surface area (Å²) < 4.78 is 5.40. The Morgan fingerprint density at radius 3 is 2.89 bits per heavy atom. The highest BCUT2D eigenvalue weighted by Gasteiger charge is 2.27. The van der Waals surface area contributed by atoms with Crippen LogP contribution in [-0.2, 0) is 4.79 Å². The van der Waals surface area contributed by atoms with E-state index in [2.05, 4.69) is 13.8 Å². The molecule has 0 saturated carbocycles. The SMILES string of the molecule is CCC(C)C(N)CN1C(=O)COc2ccccc21. The summed E-state index contributed by atoms with van der Waals surface area (Å²) in [5, 5.41) is 0. The number of anilines is 1. The van der Waals surface area contributed by atoms with Crippen molar-refractivity contribution in [2.45, 2.75) is 26.3 Å². The molecule has 18 heavy (non-hydrogen) atoms. The number of carbonyl (C=O) groups is 1. The quantitative estimate of drug-likeness (QED) is 0.883. The van der Waals surface area contributed by atoms with E-state index in [9.17, 15) is 4.79 Å². The van der Waals surface area contributed by atoms with Gasteiger partial charge >= 0.3 is 0 Å². The number of carbonyl (C=O) groups excluding carboxylic acids is 1. The van der Waals surface area contributed by atoms with Crippen LogP contribution in [0.15, 0.2) is 24.3 Å². The van der Waals surface area contributed by atoms with Gasteiger partial charge in [-0.05, 0) is 18.1 Å². The van der Waals surface area contributed by atoms with E-state index in [1.165, 1.54) is 0 Å². The Labute approximate surface area is 108 Å². The van der Waals surface area contributed by atoms with E-state index >= 15 is 0 Å². The summed E-state index contributed by atoms with van der Waals surface area (Å²) in [4.78, 5) is 13.7. The highest BCUT2D eigenvalue weighted by Crippen LogP contribution is 2.31. The highest BCUT2D eigenvalue weighted by molar-refractivity contribution is 5.97. The second kappa shape index (κ2) is 5.40. The van der Waals surface area contributed by atoms with Gasteiger partial charge in [-0.1, -0.05) is 32.4 Å². The van der Waals surface area contributed by atoms with Crippen LogP contribution >= 0.6 is 0 Å². The molecule has 2 rings (SSSR count). The third-order valence-electron chi connectivity index (χ3n) is 3.58. The normalized spacial score (nSPS) is 17.9. The molecule has 1 heterocycles. The second-order valence-electron chi connectivity index (χ2n) is 4.81. The van der Waals surface area contributed by atoms with E-state index in [0.717, 1.165) is 17.9 Å². The van der Waals surface area contributed by atoms with Crippen LogP contribution in [0.3, 0.4) is 0 Å². The van der Waals surface area contributed by atoms with Crippen molar-refractivity contribution in [3.8, 4) is 5.75 Å². The lowest BCUT2D eigenvalue weighted by Crippen LogP contribution is -2.47. The number of hydrogen-bond donors (Lipinski definition) is 1. The lowest BCUT2D eigenvalue weighted by Gasteiger charge is -2.32. The second-order valence-corrected chi connectivity index (χ2v) is 4.81. The predicted octanol–water partition coefficient (Wildman–Crippen LogP) is 1.79. The van der Waals surface area contributed by atoms with Crippen molar-refractivity contribution in [1.82, 2.24) is 0 Å². The predicted molar refractivity (Wildman–Crippen MR) is 71.7 cm³/mol. The van der Waals surface area contributed by atoms with Crippen LogP contribution in [0.25, 0.3) is 0 Å². The lowest BCUT2D eigenvalue weighted by atomic mass is 9.99. The van der Waals surface area contributed by atoms with E-state index < -0.39 is 0 Å². The van der Waals surface area contributed by atoms with Crippen molar-refractivity contribution in [3.05, 3.63) is 24.3 Å². The number of benzene rings is 1. The minimum atomic E-state index is -0.0209. The lowest BCUT2D eigenvalue weighted by molar-refractivity contribution is -0.121. The Kier molecular flexibility index (Phi) is 3.87. The van der Waals surface area contributed by atoms with Gasteiger partial charge < -0.3 is 15.4 Å². The van der Waals surface area contributed by atoms with Gasteiger partial charge in [0, 0.05) is 12.6 Å². The average molecular weight is 248 g/mol. The Bertz CT molecular complexity index is 434. The molecule has 2 atom stereocenters. The van der Waals surface area contributed by atoms with Gasteiger partial charge in [0.05, 0.1) is 5.69 Å². The van der Waals surface area contributed by atoms with Crippen molar-refractivity contribution in [2.75, 3.05) is 18.1 Å². The molecule has 98 valence electrons. The summed E-state index contributed by atoms with van der Waals surface area (Å²) in [6.07, 6.45) is 1.02. The number of para-hydroxylation sites is 2. The van der Waals surface area contributed by atoms with Crippen molar-refractivity contribution in [2.24, 2.45) is 11.7 Å². The number of fused-ring (bicyclic) bond motifs is 1. The number of nitrogens with two attached hydrogens (primary N) is 1. The summed E-state index contributed by atoms with van der Waals surface area (Å²) in [5.74, 6) is 1.13. The van der Waals surface area contributed by atoms with Crippen molar-refractivity contribution < 1.29 is 9.53 Å². The van der Waals surface area contributed by atoms with Gasteiger partial charge in [-0.15, -0.1) is 0 Å². The van der Waals surface area contributed by atoms with Crippen LogP contribution in [0.4, 0.5) is 5.69 Å². The van der Waals surface area contributed by atoms with Crippen LogP contribution in [-0.4, -0.2) is 25.1 Å². The third-order valence-corrected chi connectivity index (χ3v) is 3.58. The molecule has 1 amide bonds. The summed E-state index contributed by atoms with van der Waals surface area (Å²) in [5.41, 5.74) is 6.97. The van der Waals surface area contributed by atoms with Crippen LogP contribution in [0.5, 0.6) is 5.75 Å². The fourth-order valence-electron chi connectivity index (χ4n) is 2.05. The number of hydrogen-bond acceptors (Lipinski definition) is 3. The summed E-state index contributed by atoms with van der Waals surface area (Å²) in [6.45, 7) is 4.87. The molecule has 0 radical (unpaired) electrons. The molecule has 0 bridgehead atoms. The molecule has 0 fully saturated rings. The maximum atomic E-state index is 11.9. The van der Waals surface area contributed by atoms with E-state index in [1.807, 2.05) is 24.3 Å². The topological polar surface area (TPSA) is 55.6 Å².